The number of aromatic nitrogens is 2. The topological polar surface area (TPSA) is 58.7 Å². The number of nitriles is 1. The number of Topliss-reactive ketones (excluding diaryl/α,β-unsaturated/α-hetero) is 1. The number of rotatable bonds is 1. The van der Waals surface area contributed by atoms with E-state index < -0.39 is 0 Å². The van der Waals surface area contributed by atoms with Gasteiger partial charge in [-0.1, -0.05) is 0 Å². The van der Waals surface area contributed by atoms with E-state index in [1.54, 1.807) is 4.68 Å². The maximum Gasteiger partial charge on any atom is 0.147 e. The maximum absolute atomic E-state index is 10.8. The molecule has 1 aromatic heterocycles. The van der Waals surface area contributed by atoms with Gasteiger partial charge in [-0.3, -0.25) is 9.48 Å². The van der Waals surface area contributed by atoms with Gasteiger partial charge in [0.1, 0.15) is 26.6 Å². The fourth-order valence-corrected chi connectivity index (χ4v) is 2.72. The molecule has 14 heavy (non-hydrogen) atoms. The summed E-state index contributed by atoms with van der Waals surface area (Å²) in [7, 11) is 0. The van der Waals surface area contributed by atoms with E-state index in [0.717, 1.165) is 0 Å². The molecule has 1 fully saturated rings. The van der Waals surface area contributed by atoms with Crippen LogP contribution in [0.2, 0.25) is 0 Å². The third kappa shape index (κ3) is 1.41. The molecule has 0 aliphatic heterocycles. The van der Waals surface area contributed by atoms with Crippen molar-refractivity contribution in [2.45, 2.75) is 18.9 Å². The van der Waals surface area contributed by atoms with Crippen molar-refractivity contribution in [1.82, 2.24) is 9.78 Å². The van der Waals surface area contributed by atoms with Crippen molar-refractivity contribution in [1.29, 1.82) is 5.26 Å². The second-order valence-electron chi connectivity index (χ2n) is 3.11. The SMILES string of the molecule is N#Cc1c(Br)nn(C2CC(=O)C2)c1Br. The standard InChI is InChI=1S/C8H5Br2N3O/c9-7-6(3-11)8(10)13(12-7)4-1-5(14)2-4/h4H,1-2H2. The minimum atomic E-state index is 0.107. The van der Waals surface area contributed by atoms with E-state index in [0.29, 0.717) is 27.6 Å². The molecule has 1 aromatic rings. The van der Waals surface area contributed by atoms with E-state index in [1.165, 1.54) is 0 Å². The molecule has 0 N–H and O–H groups in total. The van der Waals surface area contributed by atoms with Gasteiger partial charge in [0.15, 0.2) is 0 Å². The summed E-state index contributed by atoms with van der Waals surface area (Å²) in [6, 6.07) is 2.14. The van der Waals surface area contributed by atoms with Crippen LogP contribution in [-0.4, -0.2) is 15.6 Å². The minimum Gasteiger partial charge on any atom is -0.300 e. The predicted molar refractivity (Wildman–Crippen MR) is 55.6 cm³/mol. The highest BCUT2D eigenvalue weighted by Crippen LogP contribution is 2.34. The molecule has 0 aromatic carbocycles. The third-order valence-electron chi connectivity index (χ3n) is 2.19. The molecule has 0 radical (unpaired) electrons. The second kappa shape index (κ2) is 3.48. The molecule has 1 aliphatic carbocycles. The zero-order valence-corrected chi connectivity index (χ0v) is 10.2. The smallest absolute Gasteiger partial charge is 0.147 e. The van der Waals surface area contributed by atoms with Crippen molar-refractivity contribution in [3.05, 3.63) is 14.8 Å². The zero-order valence-electron chi connectivity index (χ0n) is 7.00. The largest absolute Gasteiger partial charge is 0.300 e. The van der Waals surface area contributed by atoms with Gasteiger partial charge in [-0.2, -0.15) is 10.4 Å². The average Bonchev–Trinajstić information content (AvgIpc) is 2.36. The van der Waals surface area contributed by atoms with Gasteiger partial charge in [0.2, 0.25) is 0 Å². The number of hydrogen-bond acceptors (Lipinski definition) is 3. The Hall–Kier alpha value is -0.670. The lowest BCUT2D eigenvalue weighted by atomic mass is 9.92. The van der Waals surface area contributed by atoms with E-state index in [1.807, 2.05) is 6.07 Å². The van der Waals surface area contributed by atoms with Gasteiger partial charge < -0.3 is 0 Å². The fourth-order valence-electron chi connectivity index (χ4n) is 1.36. The van der Waals surface area contributed by atoms with Crippen LogP contribution in [0.15, 0.2) is 9.21 Å². The lowest BCUT2D eigenvalue weighted by Crippen LogP contribution is -2.27. The highest BCUT2D eigenvalue weighted by molar-refractivity contribution is 9.11. The summed E-state index contributed by atoms with van der Waals surface area (Å²) >= 11 is 6.49. The quantitative estimate of drug-likeness (QED) is 0.797. The van der Waals surface area contributed by atoms with Crippen LogP contribution >= 0.6 is 31.9 Å². The van der Waals surface area contributed by atoms with Gasteiger partial charge >= 0.3 is 0 Å². The summed E-state index contributed by atoms with van der Waals surface area (Å²) in [6.45, 7) is 0. The van der Waals surface area contributed by atoms with Crippen LogP contribution in [0.25, 0.3) is 0 Å². The summed E-state index contributed by atoms with van der Waals surface area (Å²) in [4.78, 5) is 10.8. The molecule has 1 aliphatic rings. The van der Waals surface area contributed by atoms with Crippen LogP contribution in [0.4, 0.5) is 0 Å². The monoisotopic (exact) mass is 317 g/mol. The second-order valence-corrected chi connectivity index (χ2v) is 4.62. The van der Waals surface area contributed by atoms with Crippen LogP contribution in [0, 0.1) is 11.3 Å². The number of ketones is 1. The van der Waals surface area contributed by atoms with Crippen LogP contribution in [0.1, 0.15) is 24.4 Å². The zero-order chi connectivity index (χ0) is 10.3. The molecule has 2 rings (SSSR count). The Kier molecular flexibility index (Phi) is 2.45. The van der Waals surface area contributed by atoms with Crippen molar-refractivity contribution >= 4 is 37.6 Å². The summed E-state index contributed by atoms with van der Waals surface area (Å²) in [5.74, 6) is 0.243. The lowest BCUT2D eigenvalue weighted by molar-refractivity contribution is -0.126. The number of carbonyl (C=O) groups is 1. The van der Waals surface area contributed by atoms with Crippen molar-refractivity contribution in [3.8, 4) is 6.07 Å². The van der Waals surface area contributed by atoms with E-state index >= 15 is 0 Å². The number of hydrogen-bond donors (Lipinski definition) is 0. The van der Waals surface area contributed by atoms with Crippen LogP contribution in [-0.2, 0) is 4.79 Å². The first kappa shape index (κ1) is 9.87. The van der Waals surface area contributed by atoms with Gasteiger partial charge in [-0.05, 0) is 31.9 Å². The Balaban J connectivity index is 2.36. The number of nitrogens with zero attached hydrogens (tertiary/aromatic N) is 3. The van der Waals surface area contributed by atoms with Gasteiger partial charge in [0, 0.05) is 12.8 Å². The van der Waals surface area contributed by atoms with Crippen molar-refractivity contribution in [3.63, 3.8) is 0 Å². The van der Waals surface area contributed by atoms with Gasteiger partial charge in [0.25, 0.3) is 0 Å². The Morgan fingerprint density at radius 1 is 1.50 bits per heavy atom. The predicted octanol–water partition coefficient (Wildman–Crippen LogP) is 2.18. The fraction of sp³-hybridized carbons (Fsp3) is 0.375. The molecule has 0 amide bonds. The Bertz CT molecular complexity index is 438. The normalized spacial score (nSPS) is 16.5. The average molecular weight is 319 g/mol. The van der Waals surface area contributed by atoms with E-state index in [9.17, 15) is 4.79 Å². The molecule has 1 heterocycles. The molecule has 0 saturated heterocycles. The highest BCUT2D eigenvalue weighted by Gasteiger charge is 2.31. The van der Waals surface area contributed by atoms with Gasteiger partial charge in [-0.15, -0.1) is 0 Å². The summed E-state index contributed by atoms with van der Waals surface area (Å²) in [6.07, 6.45) is 1.02. The van der Waals surface area contributed by atoms with E-state index in [-0.39, 0.29) is 11.8 Å². The van der Waals surface area contributed by atoms with Crippen LogP contribution in [0.5, 0.6) is 0 Å². The first-order valence-electron chi connectivity index (χ1n) is 3.98. The molecule has 0 atom stereocenters. The van der Waals surface area contributed by atoms with Crippen molar-refractivity contribution < 1.29 is 4.79 Å². The third-order valence-corrected chi connectivity index (χ3v) is 3.51. The summed E-state index contributed by atoms with van der Waals surface area (Å²) in [5.41, 5.74) is 0.476. The first-order valence-corrected chi connectivity index (χ1v) is 5.57. The minimum absolute atomic E-state index is 0.107. The molecule has 1 saturated carbocycles. The lowest BCUT2D eigenvalue weighted by Gasteiger charge is -2.24. The summed E-state index contributed by atoms with van der Waals surface area (Å²) < 4.78 is 2.85. The first-order chi connectivity index (χ1) is 6.63. The Morgan fingerprint density at radius 2 is 2.14 bits per heavy atom. The molecule has 0 unspecified atom stereocenters. The van der Waals surface area contributed by atoms with E-state index in [2.05, 4.69) is 37.0 Å². The van der Waals surface area contributed by atoms with Crippen LogP contribution < -0.4 is 0 Å². The Morgan fingerprint density at radius 3 is 2.57 bits per heavy atom. The number of halogens is 2. The molecular weight excluding hydrogens is 314 g/mol. The maximum atomic E-state index is 10.8. The van der Waals surface area contributed by atoms with Crippen LogP contribution in [0.3, 0.4) is 0 Å². The Labute approximate surface area is 97.1 Å². The van der Waals surface area contributed by atoms with Crippen molar-refractivity contribution in [2.75, 3.05) is 0 Å². The summed E-state index contributed by atoms with van der Waals surface area (Å²) in [5, 5.41) is 13.0. The molecule has 0 spiro atoms. The molecule has 72 valence electrons. The van der Waals surface area contributed by atoms with Gasteiger partial charge in [-0.25, -0.2) is 0 Å². The number of carbonyl (C=O) groups excluding carboxylic acids is 1. The van der Waals surface area contributed by atoms with E-state index in [4.69, 9.17) is 5.26 Å². The molecule has 4 nitrogen and oxygen atoms in total. The molecule has 6 heteroatoms. The van der Waals surface area contributed by atoms with Gasteiger partial charge in [0.05, 0.1) is 6.04 Å². The highest BCUT2D eigenvalue weighted by atomic mass is 79.9. The molecule has 0 bridgehead atoms. The molecular formula is C8H5Br2N3O. The van der Waals surface area contributed by atoms with Crippen molar-refractivity contribution in [2.24, 2.45) is 0 Å².